The van der Waals surface area contributed by atoms with Gasteiger partial charge in [-0.3, -0.25) is 0 Å². The maximum Gasteiger partial charge on any atom is 0.236 e. The van der Waals surface area contributed by atoms with Crippen molar-refractivity contribution in [3.05, 3.63) is 0 Å². The Morgan fingerprint density at radius 1 is 1.14 bits per heavy atom. The van der Waals surface area contributed by atoms with Gasteiger partial charge in [-0.2, -0.15) is 4.99 Å². The maximum absolute atomic E-state index is 9.90. The first-order valence-electron chi connectivity index (χ1n) is 4.42. The minimum absolute atomic E-state index is 0.359. The van der Waals surface area contributed by atoms with E-state index in [4.69, 9.17) is 6.42 Å². The van der Waals surface area contributed by atoms with E-state index in [1.54, 1.807) is 0 Å². The van der Waals surface area contributed by atoms with Crippen LogP contribution in [0.4, 0.5) is 0 Å². The fourth-order valence-corrected chi connectivity index (χ4v) is 1.000. The normalized spacial score (nSPS) is 10.5. The van der Waals surface area contributed by atoms with E-state index < -0.39 is 0 Å². The lowest BCUT2D eigenvalue weighted by Gasteiger charge is -2.01. The van der Waals surface area contributed by atoms with Crippen molar-refractivity contribution < 1.29 is 9.59 Å². The minimum Gasteiger partial charge on any atom is -0.211 e. The van der Waals surface area contributed by atoms with Gasteiger partial charge in [0.25, 0.3) is 0 Å². The lowest BCUT2D eigenvalue weighted by atomic mass is 10.1. The van der Waals surface area contributed by atoms with Gasteiger partial charge in [0.05, 0.1) is 6.54 Å². The molecule has 0 saturated heterocycles. The van der Waals surface area contributed by atoms with Gasteiger partial charge in [0.2, 0.25) is 12.2 Å². The number of hydrogen-bond donors (Lipinski definition) is 0. The zero-order valence-electron chi connectivity index (χ0n) is 7.90. The molecule has 0 aliphatic carbocycles. The quantitative estimate of drug-likeness (QED) is 0.263. The second-order valence-electron chi connectivity index (χ2n) is 2.73. The molecule has 1 atom stereocenters. The molecule has 0 N–H and O–H groups in total. The van der Waals surface area contributed by atoms with Crippen molar-refractivity contribution in [2.24, 2.45) is 9.98 Å². The second-order valence-corrected chi connectivity index (χ2v) is 2.73. The van der Waals surface area contributed by atoms with Crippen molar-refractivity contribution in [3.8, 4) is 12.3 Å². The number of terminal acetylenes is 1. The van der Waals surface area contributed by atoms with Gasteiger partial charge in [-0.25, -0.2) is 14.6 Å². The summed E-state index contributed by atoms with van der Waals surface area (Å²) < 4.78 is 0. The first-order valence-corrected chi connectivity index (χ1v) is 4.42. The van der Waals surface area contributed by atoms with Crippen molar-refractivity contribution in [2.45, 2.75) is 31.7 Å². The molecule has 1 unspecified atom stereocenters. The van der Waals surface area contributed by atoms with Crippen LogP contribution in [0, 0.1) is 12.3 Å². The van der Waals surface area contributed by atoms with Gasteiger partial charge in [0.1, 0.15) is 6.04 Å². The predicted molar refractivity (Wildman–Crippen MR) is 52.2 cm³/mol. The van der Waals surface area contributed by atoms with E-state index in [1.807, 2.05) is 0 Å². The fraction of sp³-hybridized carbons (Fsp3) is 0.600. The molecule has 0 aliphatic heterocycles. The summed E-state index contributed by atoms with van der Waals surface area (Å²) in [6, 6.07) is -0.359. The standard InChI is InChI=1S/C10H12N2O2/c1-2-10(12-9-14)6-4-3-5-7-11-8-13/h1,10H,3-7H2. The molecule has 74 valence electrons. The molecule has 0 spiro atoms. The van der Waals surface area contributed by atoms with Crippen molar-refractivity contribution in [3.63, 3.8) is 0 Å². The molecule has 0 amide bonds. The van der Waals surface area contributed by atoms with Crippen molar-refractivity contribution in [2.75, 3.05) is 6.54 Å². The third-order valence-electron chi connectivity index (χ3n) is 1.71. The number of aliphatic imine (C=N–C) groups is 2. The van der Waals surface area contributed by atoms with Crippen molar-refractivity contribution in [1.82, 2.24) is 0 Å². The van der Waals surface area contributed by atoms with Crippen LogP contribution in [-0.4, -0.2) is 24.7 Å². The van der Waals surface area contributed by atoms with Crippen LogP contribution in [0.1, 0.15) is 25.7 Å². The number of nitrogens with zero attached hydrogens (tertiary/aromatic N) is 2. The first kappa shape index (κ1) is 12.3. The summed E-state index contributed by atoms with van der Waals surface area (Å²) in [7, 11) is 0. The van der Waals surface area contributed by atoms with Gasteiger partial charge >= 0.3 is 0 Å². The molecule has 4 nitrogen and oxygen atoms in total. The van der Waals surface area contributed by atoms with Crippen LogP contribution in [-0.2, 0) is 9.59 Å². The Balaban J connectivity index is 3.48. The summed E-state index contributed by atoms with van der Waals surface area (Å²) >= 11 is 0. The van der Waals surface area contributed by atoms with E-state index in [2.05, 4.69) is 15.9 Å². The largest absolute Gasteiger partial charge is 0.236 e. The van der Waals surface area contributed by atoms with Crippen LogP contribution < -0.4 is 0 Å². The lowest BCUT2D eigenvalue weighted by Crippen LogP contribution is -1.99. The highest BCUT2D eigenvalue weighted by atomic mass is 16.1. The van der Waals surface area contributed by atoms with Gasteiger partial charge in [0, 0.05) is 0 Å². The van der Waals surface area contributed by atoms with Crippen LogP contribution in [0.2, 0.25) is 0 Å². The van der Waals surface area contributed by atoms with E-state index >= 15 is 0 Å². The Morgan fingerprint density at radius 2 is 1.93 bits per heavy atom. The molecule has 4 heteroatoms. The number of unbranched alkanes of at least 4 members (excludes halogenated alkanes) is 2. The van der Waals surface area contributed by atoms with Crippen LogP contribution in [0.5, 0.6) is 0 Å². The predicted octanol–water partition coefficient (Wildman–Crippen LogP) is 1.22. The highest BCUT2D eigenvalue weighted by Gasteiger charge is 2.00. The Bertz CT molecular complexity index is 281. The zero-order chi connectivity index (χ0) is 10.6. The summed E-state index contributed by atoms with van der Waals surface area (Å²) in [4.78, 5) is 26.5. The number of carbonyl (C=O) groups excluding carboxylic acids is 2. The fourth-order valence-electron chi connectivity index (χ4n) is 1.000. The molecule has 0 rings (SSSR count). The number of isocyanates is 2. The summed E-state index contributed by atoms with van der Waals surface area (Å²) in [5, 5.41) is 0. The molecule has 0 aromatic rings. The van der Waals surface area contributed by atoms with E-state index in [-0.39, 0.29) is 6.04 Å². The molecule has 0 bridgehead atoms. The first-order chi connectivity index (χ1) is 6.85. The average molecular weight is 192 g/mol. The second kappa shape index (κ2) is 9.41. The Kier molecular flexibility index (Phi) is 8.28. The monoisotopic (exact) mass is 192 g/mol. The molecular weight excluding hydrogens is 180 g/mol. The van der Waals surface area contributed by atoms with Gasteiger partial charge < -0.3 is 0 Å². The number of rotatable bonds is 7. The smallest absolute Gasteiger partial charge is 0.211 e. The van der Waals surface area contributed by atoms with E-state index in [0.717, 1.165) is 19.3 Å². The van der Waals surface area contributed by atoms with E-state index in [9.17, 15) is 9.59 Å². The average Bonchev–Trinajstić information content (AvgIpc) is 2.21. The van der Waals surface area contributed by atoms with Gasteiger partial charge in [-0.05, 0) is 12.8 Å². The summed E-state index contributed by atoms with van der Waals surface area (Å²) in [6.45, 7) is 0.501. The molecule has 0 aromatic heterocycles. The van der Waals surface area contributed by atoms with Crippen LogP contribution >= 0.6 is 0 Å². The topological polar surface area (TPSA) is 58.9 Å². The Labute approximate surface area is 83.1 Å². The molecule has 0 aromatic carbocycles. The molecule has 14 heavy (non-hydrogen) atoms. The highest BCUT2D eigenvalue weighted by Crippen LogP contribution is 2.05. The highest BCUT2D eigenvalue weighted by molar-refractivity contribution is 5.34. The summed E-state index contributed by atoms with van der Waals surface area (Å²) in [5.41, 5.74) is 0. The Hall–Kier alpha value is -1.68. The summed E-state index contributed by atoms with van der Waals surface area (Å²) in [5.74, 6) is 2.39. The molecule has 0 heterocycles. The van der Waals surface area contributed by atoms with Crippen LogP contribution in [0.15, 0.2) is 9.98 Å². The van der Waals surface area contributed by atoms with Gasteiger partial charge in [-0.1, -0.05) is 18.8 Å². The van der Waals surface area contributed by atoms with Crippen LogP contribution in [0.25, 0.3) is 0 Å². The number of hydrogen-bond acceptors (Lipinski definition) is 4. The van der Waals surface area contributed by atoms with Gasteiger partial charge in [-0.15, -0.1) is 6.42 Å². The zero-order valence-corrected chi connectivity index (χ0v) is 7.90. The molecule has 0 saturated carbocycles. The SMILES string of the molecule is C#CC(CCCCCN=C=O)N=C=O. The van der Waals surface area contributed by atoms with Gasteiger partial charge in [0.15, 0.2) is 0 Å². The molecular formula is C10H12N2O2. The Morgan fingerprint density at radius 3 is 2.50 bits per heavy atom. The molecule has 0 fully saturated rings. The van der Waals surface area contributed by atoms with E-state index in [0.29, 0.717) is 13.0 Å². The minimum atomic E-state index is -0.359. The van der Waals surface area contributed by atoms with Crippen LogP contribution in [0.3, 0.4) is 0 Å². The van der Waals surface area contributed by atoms with E-state index in [1.165, 1.54) is 12.2 Å². The lowest BCUT2D eigenvalue weighted by molar-refractivity contribution is 0.553. The molecule has 0 aliphatic rings. The van der Waals surface area contributed by atoms with Crippen molar-refractivity contribution in [1.29, 1.82) is 0 Å². The maximum atomic E-state index is 9.90. The third kappa shape index (κ3) is 7.00. The summed E-state index contributed by atoms with van der Waals surface area (Å²) in [6.07, 6.45) is 11.3. The molecule has 0 radical (unpaired) electrons. The van der Waals surface area contributed by atoms with Crippen molar-refractivity contribution >= 4 is 12.2 Å². The third-order valence-corrected chi connectivity index (χ3v) is 1.71.